The van der Waals surface area contributed by atoms with Crippen molar-refractivity contribution in [2.75, 3.05) is 23.7 Å². The van der Waals surface area contributed by atoms with Crippen LogP contribution in [-0.4, -0.2) is 59.6 Å². The molecule has 2 N–H and O–H groups in total. The van der Waals surface area contributed by atoms with Crippen molar-refractivity contribution in [2.24, 2.45) is 0 Å². The number of benzene rings is 2. The number of anilines is 2. The minimum absolute atomic E-state index is 0.195. The van der Waals surface area contributed by atoms with Crippen molar-refractivity contribution >= 4 is 22.8 Å². The van der Waals surface area contributed by atoms with Gasteiger partial charge in [0.25, 0.3) is 0 Å². The van der Waals surface area contributed by atoms with Gasteiger partial charge in [-0.15, -0.1) is 0 Å². The van der Waals surface area contributed by atoms with Gasteiger partial charge in [0.2, 0.25) is 5.82 Å². The summed E-state index contributed by atoms with van der Waals surface area (Å²) in [5.41, 5.74) is 12.7. The molecule has 2 aromatic carbocycles. The van der Waals surface area contributed by atoms with Gasteiger partial charge in [-0.2, -0.15) is 5.26 Å². The first kappa shape index (κ1) is 28.1. The molecule has 10 nitrogen and oxygen atoms in total. The normalized spacial score (nSPS) is 17.0. The number of hydrogen-bond donors (Lipinski definition) is 1. The Balaban J connectivity index is 1.19. The summed E-state index contributed by atoms with van der Waals surface area (Å²) in [6.45, 7) is 6.97. The number of nitrogens with zero attached hydrogens (tertiary/aromatic N) is 9. The lowest BCUT2D eigenvalue weighted by Crippen LogP contribution is -2.56. The minimum Gasteiger partial charge on any atom is -0.383 e. The third kappa shape index (κ3) is 5.46. The molecule has 0 aliphatic carbocycles. The van der Waals surface area contributed by atoms with Crippen molar-refractivity contribution in [3.8, 4) is 34.4 Å². The molecule has 4 aromatic heterocycles. The molecular formula is C35H32N10. The Labute approximate surface area is 261 Å². The second kappa shape index (κ2) is 11.8. The molecule has 5 heterocycles. The van der Waals surface area contributed by atoms with Crippen molar-refractivity contribution in [3.05, 3.63) is 109 Å². The lowest BCUT2D eigenvalue weighted by Gasteiger charge is -2.45. The monoisotopic (exact) mass is 592 g/mol. The number of nitriles is 1. The molecule has 0 unspecified atom stereocenters. The number of imidazole rings is 1. The largest absolute Gasteiger partial charge is 0.383 e. The molecule has 6 aromatic rings. The van der Waals surface area contributed by atoms with E-state index in [0.717, 1.165) is 59.1 Å². The van der Waals surface area contributed by atoms with Gasteiger partial charge in [-0.05, 0) is 61.9 Å². The third-order valence-electron chi connectivity index (χ3n) is 8.25. The van der Waals surface area contributed by atoms with E-state index in [4.69, 9.17) is 15.7 Å². The Morgan fingerprint density at radius 1 is 0.822 bits per heavy atom. The second-order valence-electron chi connectivity index (χ2n) is 11.4. The van der Waals surface area contributed by atoms with Gasteiger partial charge in [-0.25, -0.2) is 24.9 Å². The number of fused-ring (bicyclic) bond motifs is 1. The molecular weight excluding hydrogens is 560 g/mol. The summed E-state index contributed by atoms with van der Waals surface area (Å²) >= 11 is 0. The summed E-state index contributed by atoms with van der Waals surface area (Å²) in [5, 5.41) is 9.26. The van der Waals surface area contributed by atoms with E-state index in [2.05, 4.69) is 79.6 Å². The molecule has 7 rings (SSSR count). The van der Waals surface area contributed by atoms with Gasteiger partial charge < -0.3 is 10.6 Å². The second-order valence-corrected chi connectivity index (χ2v) is 11.4. The van der Waals surface area contributed by atoms with Crippen LogP contribution in [0.5, 0.6) is 0 Å². The van der Waals surface area contributed by atoms with Crippen LogP contribution in [0.15, 0.2) is 97.3 Å². The summed E-state index contributed by atoms with van der Waals surface area (Å²) in [5.74, 6) is 2.11. The van der Waals surface area contributed by atoms with Gasteiger partial charge in [0.1, 0.15) is 23.2 Å². The third-order valence-corrected chi connectivity index (χ3v) is 8.25. The summed E-state index contributed by atoms with van der Waals surface area (Å²) in [6.07, 6.45) is 3.34. The average molecular weight is 593 g/mol. The van der Waals surface area contributed by atoms with Crippen molar-refractivity contribution < 1.29 is 0 Å². The highest BCUT2D eigenvalue weighted by Gasteiger charge is 2.30. The number of rotatable bonds is 6. The van der Waals surface area contributed by atoms with E-state index >= 15 is 0 Å². The first-order valence-electron chi connectivity index (χ1n) is 15.0. The van der Waals surface area contributed by atoms with E-state index in [-0.39, 0.29) is 17.9 Å². The van der Waals surface area contributed by atoms with Crippen LogP contribution in [0.3, 0.4) is 0 Å². The van der Waals surface area contributed by atoms with E-state index in [9.17, 15) is 5.26 Å². The first-order chi connectivity index (χ1) is 22.0. The van der Waals surface area contributed by atoms with Crippen LogP contribution in [0, 0.1) is 11.3 Å². The van der Waals surface area contributed by atoms with Crippen LogP contribution < -0.4 is 10.6 Å². The number of pyridine rings is 2. The van der Waals surface area contributed by atoms with E-state index < -0.39 is 0 Å². The van der Waals surface area contributed by atoms with Gasteiger partial charge in [-0.1, -0.05) is 42.5 Å². The lowest BCUT2D eigenvalue weighted by molar-refractivity contribution is 0.191. The molecule has 0 bridgehead atoms. The Hall–Kier alpha value is -5.66. The summed E-state index contributed by atoms with van der Waals surface area (Å²) in [6, 6.07) is 30.9. The number of hydrogen-bond acceptors (Lipinski definition) is 9. The summed E-state index contributed by atoms with van der Waals surface area (Å²) in [7, 11) is 0. The van der Waals surface area contributed by atoms with Crippen LogP contribution in [-0.2, 0) is 6.54 Å². The Morgan fingerprint density at radius 2 is 1.60 bits per heavy atom. The highest BCUT2D eigenvalue weighted by atomic mass is 15.3. The maximum atomic E-state index is 9.26. The van der Waals surface area contributed by atoms with Gasteiger partial charge in [0.05, 0.1) is 11.3 Å². The van der Waals surface area contributed by atoms with E-state index in [1.807, 2.05) is 54.6 Å². The van der Waals surface area contributed by atoms with Gasteiger partial charge in [0.15, 0.2) is 11.5 Å². The van der Waals surface area contributed by atoms with Crippen LogP contribution in [0.2, 0.25) is 0 Å². The highest BCUT2D eigenvalue weighted by molar-refractivity contribution is 5.84. The molecule has 0 amide bonds. The van der Waals surface area contributed by atoms with Gasteiger partial charge >= 0.3 is 0 Å². The molecule has 45 heavy (non-hydrogen) atoms. The first-order valence-corrected chi connectivity index (χ1v) is 15.0. The number of nitrogen functional groups attached to an aromatic ring is 1. The molecule has 0 saturated carbocycles. The average Bonchev–Trinajstić information content (AvgIpc) is 3.44. The van der Waals surface area contributed by atoms with Crippen LogP contribution in [0.4, 0.5) is 11.6 Å². The SMILES string of the molecule is C[C@@H]1CN(Cc2ccc(-n3c(-c4cccnc4N)nc4ccc(-c5ccccc5)nc43)cc2)C[C@H](C)N1c1ccnc(C#N)n1. The highest BCUT2D eigenvalue weighted by Crippen LogP contribution is 2.32. The van der Waals surface area contributed by atoms with Crippen molar-refractivity contribution in [3.63, 3.8) is 0 Å². The molecule has 222 valence electrons. The summed E-state index contributed by atoms with van der Waals surface area (Å²) < 4.78 is 2.07. The molecule has 10 heteroatoms. The number of nitrogens with two attached hydrogens (primary N) is 1. The van der Waals surface area contributed by atoms with Gasteiger partial charge in [0, 0.05) is 55.4 Å². The Morgan fingerprint density at radius 3 is 2.33 bits per heavy atom. The topological polar surface area (TPSA) is 126 Å². The quantitative estimate of drug-likeness (QED) is 0.267. The molecule has 1 fully saturated rings. The fourth-order valence-electron chi connectivity index (χ4n) is 6.33. The Kier molecular flexibility index (Phi) is 7.37. The molecule has 0 spiro atoms. The number of piperazine rings is 1. The predicted molar refractivity (Wildman–Crippen MR) is 175 cm³/mol. The van der Waals surface area contributed by atoms with E-state index in [1.54, 1.807) is 12.4 Å². The Bertz CT molecular complexity index is 2000. The smallest absolute Gasteiger partial charge is 0.234 e. The van der Waals surface area contributed by atoms with E-state index in [0.29, 0.717) is 11.6 Å². The maximum Gasteiger partial charge on any atom is 0.234 e. The molecule has 0 radical (unpaired) electrons. The molecule has 2 atom stereocenters. The zero-order valence-corrected chi connectivity index (χ0v) is 25.1. The van der Waals surface area contributed by atoms with Crippen molar-refractivity contribution in [1.29, 1.82) is 5.26 Å². The fraction of sp³-hybridized carbons (Fsp3) is 0.200. The molecule has 1 aliphatic heterocycles. The zero-order chi connectivity index (χ0) is 30.9. The lowest BCUT2D eigenvalue weighted by atomic mass is 10.1. The van der Waals surface area contributed by atoms with Gasteiger partial charge in [-0.3, -0.25) is 9.47 Å². The van der Waals surface area contributed by atoms with Crippen molar-refractivity contribution in [2.45, 2.75) is 32.5 Å². The molecule has 1 aliphatic rings. The van der Waals surface area contributed by atoms with Crippen LogP contribution >= 0.6 is 0 Å². The standard InChI is InChI=1S/C35H32N10/c1-23-20-43(21-24(2)44(23)32-16-18-38-31(19-36)42-32)22-25-10-12-27(13-11-25)45-34(28-9-6-17-39-33(28)37)41-30-15-14-29(40-35(30)45)26-7-4-3-5-8-26/h3-18,23-24H,20-22H2,1-2H3,(H2,37,39)/t23-,24+. The predicted octanol–water partition coefficient (Wildman–Crippen LogP) is 5.49. The summed E-state index contributed by atoms with van der Waals surface area (Å²) in [4.78, 5) is 27.6. The fourth-order valence-corrected chi connectivity index (χ4v) is 6.33. The van der Waals surface area contributed by atoms with E-state index in [1.165, 1.54) is 5.56 Å². The minimum atomic E-state index is 0.195. The molecule has 1 saturated heterocycles. The zero-order valence-electron chi connectivity index (χ0n) is 25.1. The van der Waals surface area contributed by atoms with Crippen LogP contribution in [0.25, 0.3) is 39.5 Å². The number of aromatic nitrogens is 6. The maximum absolute atomic E-state index is 9.26. The van der Waals surface area contributed by atoms with Crippen molar-refractivity contribution in [1.82, 2.24) is 34.4 Å². The van der Waals surface area contributed by atoms with Crippen LogP contribution in [0.1, 0.15) is 25.2 Å².